The summed E-state index contributed by atoms with van der Waals surface area (Å²) in [6.07, 6.45) is 1.92. The molecule has 0 bridgehead atoms. The van der Waals surface area contributed by atoms with Crippen LogP contribution in [0.2, 0.25) is 0 Å². The van der Waals surface area contributed by atoms with E-state index in [1.54, 1.807) is 0 Å². The second kappa shape index (κ2) is 15.4. The van der Waals surface area contributed by atoms with Gasteiger partial charge in [-0.15, -0.1) is 0 Å². The highest BCUT2D eigenvalue weighted by Crippen LogP contribution is 2.43. The molecule has 0 atom stereocenters. The zero-order chi connectivity index (χ0) is 46.6. The van der Waals surface area contributed by atoms with Crippen LogP contribution in [0, 0.1) is 0 Å². The van der Waals surface area contributed by atoms with Crippen molar-refractivity contribution in [2.24, 2.45) is 0 Å². The lowest BCUT2D eigenvalue weighted by atomic mass is 9.94. The van der Waals surface area contributed by atoms with Crippen LogP contribution in [0.25, 0.3) is 132 Å². The van der Waals surface area contributed by atoms with Crippen molar-refractivity contribution in [3.05, 3.63) is 249 Å². The normalized spacial score (nSPS) is 11.9. The molecule has 4 aromatic heterocycles. The van der Waals surface area contributed by atoms with E-state index < -0.39 is 0 Å². The van der Waals surface area contributed by atoms with Gasteiger partial charge in [0.1, 0.15) is 0 Å². The van der Waals surface area contributed by atoms with Gasteiger partial charge in [-0.05, 0) is 142 Å². The van der Waals surface area contributed by atoms with Gasteiger partial charge >= 0.3 is 0 Å². The van der Waals surface area contributed by atoms with Gasteiger partial charge in [0.2, 0.25) is 0 Å². The van der Waals surface area contributed by atoms with Crippen molar-refractivity contribution in [3.63, 3.8) is 0 Å². The molecule has 0 aliphatic rings. The van der Waals surface area contributed by atoms with Crippen LogP contribution in [0.15, 0.2) is 253 Å². The average Bonchev–Trinajstić information content (AvgIpc) is 3.78. The van der Waals surface area contributed by atoms with Crippen LogP contribution in [0.1, 0.15) is 0 Å². The van der Waals surface area contributed by atoms with E-state index in [-0.39, 0.29) is 0 Å². The Balaban J connectivity index is 1.20. The number of benzene rings is 10. The monoisotopic (exact) mass is 907 g/mol. The Morgan fingerprint density at radius 3 is 1.28 bits per heavy atom. The number of hydrogen-bond donors (Lipinski definition) is 0. The minimum atomic E-state index is 0.764. The average molecular weight is 908 g/mol. The summed E-state index contributed by atoms with van der Waals surface area (Å²) in [6.45, 7) is 0. The maximum atomic E-state index is 6.96. The molecule has 0 aliphatic carbocycles. The van der Waals surface area contributed by atoms with E-state index in [9.17, 15) is 0 Å². The van der Waals surface area contributed by atoms with Gasteiger partial charge in [-0.25, -0.2) is 0 Å². The predicted octanol–water partition coefficient (Wildman–Crippen LogP) is 17.1. The van der Waals surface area contributed by atoms with E-state index in [2.05, 4.69) is 255 Å². The first kappa shape index (κ1) is 39.4. The largest absolute Gasteiger partial charge is 0.453 e. The molecule has 0 spiro atoms. The minimum absolute atomic E-state index is 0.764. The summed E-state index contributed by atoms with van der Waals surface area (Å²) < 4.78 is 16.6. The van der Waals surface area contributed by atoms with Crippen LogP contribution in [0.3, 0.4) is 0 Å². The highest BCUT2D eigenvalue weighted by molar-refractivity contribution is 6.28. The molecule has 6 heteroatoms. The Morgan fingerprint density at radius 1 is 0.239 bits per heavy atom. The molecule has 15 rings (SSSR count). The summed E-state index contributed by atoms with van der Waals surface area (Å²) >= 11 is 0. The van der Waals surface area contributed by atoms with Gasteiger partial charge in [0.05, 0.1) is 49.7 Å². The molecule has 0 unspecified atom stereocenters. The van der Waals surface area contributed by atoms with Crippen molar-refractivity contribution >= 4 is 109 Å². The number of para-hydroxylation sites is 9. The SMILES string of the molecule is c1ccc(-n2c3ccccc3oc3cc4c(cc32)c2cc(-n3c5ccccc5c5ccccc53)ccc2c2cc3c(cc2c2cccnc24)n(-c2ccccc2)c2ccccc2n3-c2ccccc2)cc1. The predicted molar refractivity (Wildman–Crippen MR) is 295 cm³/mol. The van der Waals surface area contributed by atoms with Gasteiger partial charge in [-0.3, -0.25) is 4.98 Å². The Morgan fingerprint density at radius 2 is 0.676 bits per heavy atom. The fourth-order valence-corrected chi connectivity index (χ4v) is 11.4. The topological polar surface area (TPSA) is 45.8 Å². The summed E-state index contributed by atoms with van der Waals surface area (Å²) in [5.41, 5.74) is 15.3. The zero-order valence-corrected chi connectivity index (χ0v) is 38.3. The quantitative estimate of drug-likeness (QED) is 0.165. The third kappa shape index (κ3) is 5.92. The smallest absolute Gasteiger partial charge is 0.152 e. The molecule has 15 aromatic rings. The van der Waals surface area contributed by atoms with Gasteiger partial charge in [0.25, 0.3) is 0 Å². The van der Waals surface area contributed by atoms with Crippen molar-refractivity contribution in [1.82, 2.24) is 23.3 Å². The molecule has 332 valence electrons. The molecular weight excluding hydrogens is 867 g/mol. The van der Waals surface area contributed by atoms with Crippen LogP contribution in [-0.4, -0.2) is 23.3 Å². The molecule has 0 N–H and O–H groups in total. The fraction of sp³-hybridized carbons (Fsp3) is 0. The van der Waals surface area contributed by atoms with Gasteiger partial charge in [0.15, 0.2) is 11.2 Å². The number of hydrogen-bond acceptors (Lipinski definition) is 2. The number of fused-ring (bicyclic) bond motifs is 15. The Kier molecular flexibility index (Phi) is 8.56. The third-order valence-corrected chi connectivity index (χ3v) is 14.4. The second-order valence-electron chi connectivity index (χ2n) is 18.3. The number of pyridine rings is 1. The summed E-state index contributed by atoms with van der Waals surface area (Å²) in [4.78, 5) is 5.35. The summed E-state index contributed by atoms with van der Waals surface area (Å²) in [7, 11) is 0. The maximum Gasteiger partial charge on any atom is 0.152 e. The number of rotatable bonds is 4. The van der Waals surface area contributed by atoms with Crippen molar-refractivity contribution in [2.75, 3.05) is 0 Å². The van der Waals surface area contributed by atoms with E-state index >= 15 is 0 Å². The van der Waals surface area contributed by atoms with E-state index in [0.717, 1.165) is 121 Å². The Labute approximate surface area is 406 Å². The molecule has 4 heterocycles. The van der Waals surface area contributed by atoms with Crippen LogP contribution in [0.5, 0.6) is 0 Å². The van der Waals surface area contributed by atoms with Crippen LogP contribution < -0.4 is 0 Å². The maximum absolute atomic E-state index is 6.96. The highest BCUT2D eigenvalue weighted by Gasteiger charge is 2.21. The van der Waals surface area contributed by atoms with Crippen LogP contribution >= 0.6 is 0 Å². The van der Waals surface area contributed by atoms with E-state index in [1.807, 2.05) is 12.3 Å². The lowest BCUT2D eigenvalue weighted by molar-refractivity contribution is 0.654. The van der Waals surface area contributed by atoms with E-state index in [0.29, 0.717) is 0 Å². The van der Waals surface area contributed by atoms with Gasteiger partial charge < -0.3 is 22.7 Å². The summed E-state index contributed by atoms with van der Waals surface area (Å²) in [5, 5.41) is 9.94. The lowest BCUT2D eigenvalue weighted by Gasteiger charge is -2.23. The standard InChI is InChI=1S/C65H41N5O/c1-4-19-42(20-5-1)67-57-30-14-15-31-58(57)68(43-21-6-2-7-22-43)61-39-52-49-27-18-36-66-65(49)54-41-64-62(69(44-23-8-3-9-24-44)59-32-16-17-33-63(59)71-64)40-53(54)50-37-45(34-35-46(50)51(52)38-60(61)67)70-55-28-12-10-25-47(55)48-26-11-13-29-56(48)70/h1-41H. The van der Waals surface area contributed by atoms with Crippen molar-refractivity contribution in [1.29, 1.82) is 0 Å². The summed E-state index contributed by atoms with van der Waals surface area (Å²) in [5.74, 6) is 0. The molecule has 0 radical (unpaired) electrons. The minimum Gasteiger partial charge on any atom is -0.453 e. The first-order chi connectivity index (χ1) is 35.2. The first-order valence-corrected chi connectivity index (χ1v) is 24.1. The van der Waals surface area contributed by atoms with Crippen LogP contribution in [-0.2, 0) is 0 Å². The molecule has 0 amide bonds. The fourth-order valence-electron chi connectivity index (χ4n) is 11.4. The molecule has 6 nitrogen and oxygen atoms in total. The van der Waals surface area contributed by atoms with Crippen molar-refractivity contribution in [2.45, 2.75) is 0 Å². The number of aromatic nitrogens is 5. The molecule has 0 saturated heterocycles. The molecule has 0 fully saturated rings. The Bertz CT molecular complexity index is 4690. The molecular formula is C65H41N5O. The lowest BCUT2D eigenvalue weighted by Crippen LogP contribution is -2.08. The van der Waals surface area contributed by atoms with Gasteiger partial charge in [-0.2, -0.15) is 0 Å². The molecule has 0 saturated carbocycles. The molecule has 0 aliphatic heterocycles. The van der Waals surface area contributed by atoms with E-state index in [1.165, 1.54) is 10.8 Å². The molecule has 11 aromatic carbocycles. The van der Waals surface area contributed by atoms with Crippen molar-refractivity contribution < 1.29 is 4.42 Å². The molecule has 71 heavy (non-hydrogen) atoms. The third-order valence-electron chi connectivity index (χ3n) is 14.4. The van der Waals surface area contributed by atoms with Gasteiger partial charge in [0, 0.05) is 50.5 Å². The summed E-state index contributed by atoms with van der Waals surface area (Å²) in [6, 6.07) is 87.4. The van der Waals surface area contributed by atoms with Crippen molar-refractivity contribution in [3.8, 4) is 22.7 Å². The van der Waals surface area contributed by atoms with Crippen LogP contribution in [0.4, 0.5) is 0 Å². The highest BCUT2D eigenvalue weighted by atomic mass is 16.3. The van der Waals surface area contributed by atoms with E-state index in [4.69, 9.17) is 9.40 Å². The zero-order valence-electron chi connectivity index (χ0n) is 38.3. The Hall–Kier alpha value is -9.65. The first-order valence-electron chi connectivity index (χ1n) is 24.1. The van der Waals surface area contributed by atoms with Gasteiger partial charge in [-0.1, -0.05) is 127 Å². The number of nitrogens with zero attached hydrogens (tertiary/aromatic N) is 5. The second-order valence-corrected chi connectivity index (χ2v) is 18.3.